The van der Waals surface area contributed by atoms with Crippen LogP contribution in [0.15, 0.2) is 12.4 Å². The summed E-state index contributed by atoms with van der Waals surface area (Å²) >= 11 is 0. The summed E-state index contributed by atoms with van der Waals surface area (Å²) in [4.78, 5) is 31.8. The van der Waals surface area contributed by atoms with Crippen molar-refractivity contribution in [1.82, 2.24) is 14.9 Å². The number of carbonyl (C=O) groups excluding carboxylic acids is 2. The van der Waals surface area contributed by atoms with Gasteiger partial charge in [0.2, 0.25) is 5.91 Å². The number of aromatic amines is 1. The summed E-state index contributed by atoms with van der Waals surface area (Å²) < 4.78 is 0. The van der Waals surface area contributed by atoms with Crippen molar-refractivity contribution in [1.29, 1.82) is 0 Å². The smallest absolute Gasteiger partial charge is 0.230 e. The molecule has 0 spiro atoms. The molecule has 1 fully saturated rings. The first-order chi connectivity index (χ1) is 8.16. The number of amides is 1. The maximum atomic E-state index is 11.8. The largest absolute Gasteiger partial charge is 0.348 e. The van der Waals surface area contributed by atoms with Gasteiger partial charge in [0.25, 0.3) is 0 Å². The predicted molar refractivity (Wildman–Crippen MR) is 62.4 cm³/mol. The Morgan fingerprint density at radius 1 is 1.59 bits per heavy atom. The third kappa shape index (κ3) is 2.93. The van der Waals surface area contributed by atoms with Crippen molar-refractivity contribution < 1.29 is 9.59 Å². The molecule has 0 aromatic carbocycles. The van der Waals surface area contributed by atoms with Crippen molar-refractivity contribution in [2.24, 2.45) is 0 Å². The molecule has 17 heavy (non-hydrogen) atoms. The molecule has 5 heteroatoms. The van der Waals surface area contributed by atoms with Gasteiger partial charge in [-0.3, -0.25) is 9.59 Å². The van der Waals surface area contributed by atoms with E-state index < -0.39 is 0 Å². The molecule has 5 nitrogen and oxygen atoms in total. The minimum Gasteiger partial charge on any atom is -0.348 e. The Bertz CT molecular complexity index is 400. The molecular formula is C12H17N3O2. The summed E-state index contributed by atoms with van der Waals surface area (Å²) in [6.45, 7) is 2.87. The van der Waals surface area contributed by atoms with Crippen molar-refractivity contribution in [2.45, 2.75) is 32.1 Å². The van der Waals surface area contributed by atoms with E-state index in [2.05, 4.69) is 9.97 Å². The second-order valence-electron chi connectivity index (χ2n) is 4.53. The number of piperidine rings is 1. The molecule has 2 heterocycles. The first kappa shape index (κ1) is 11.8. The first-order valence-electron chi connectivity index (χ1n) is 5.93. The van der Waals surface area contributed by atoms with Gasteiger partial charge >= 0.3 is 0 Å². The van der Waals surface area contributed by atoms with Crippen molar-refractivity contribution in [3.05, 3.63) is 18.2 Å². The molecule has 0 aliphatic carbocycles. The predicted octanol–water partition coefficient (Wildman–Crippen LogP) is 1.09. The van der Waals surface area contributed by atoms with Crippen LogP contribution in [0.4, 0.5) is 0 Å². The Kier molecular flexibility index (Phi) is 3.56. The van der Waals surface area contributed by atoms with E-state index in [1.165, 1.54) is 6.92 Å². The van der Waals surface area contributed by atoms with Crippen LogP contribution in [0.25, 0.3) is 0 Å². The Balaban J connectivity index is 1.97. The molecule has 1 aliphatic heterocycles. The zero-order valence-corrected chi connectivity index (χ0v) is 9.98. The maximum absolute atomic E-state index is 11.8. The quantitative estimate of drug-likeness (QED) is 0.798. The zero-order valence-electron chi connectivity index (χ0n) is 9.98. The summed E-state index contributed by atoms with van der Waals surface area (Å²) in [5.74, 6) is 1.07. The summed E-state index contributed by atoms with van der Waals surface area (Å²) in [6, 6.07) is 0. The Hall–Kier alpha value is -1.65. The monoisotopic (exact) mass is 235 g/mol. The van der Waals surface area contributed by atoms with Crippen LogP contribution < -0.4 is 0 Å². The van der Waals surface area contributed by atoms with Crippen LogP contribution >= 0.6 is 0 Å². The average molecular weight is 235 g/mol. The normalized spacial score (nSPS) is 20.3. The Labute approximate surface area is 100 Å². The topological polar surface area (TPSA) is 66.1 Å². The lowest BCUT2D eigenvalue weighted by molar-refractivity contribution is -0.135. The van der Waals surface area contributed by atoms with Crippen LogP contribution in [-0.2, 0) is 9.59 Å². The van der Waals surface area contributed by atoms with Crippen LogP contribution in [0.5, 0.6) is 0 Å². The van der Waals surface area contributed by atoms with Gasteiger partial charge in [0.05, 0.1) is 6.42 Å². The number of hydrogen-bond donors (Lipinski definition) is 1. The van der Waals surface area contributed by atoms with E-state index in [0.29, 0.717) is 6.54 Å². The molecule has 0 bridgehead atoms. The van der Waals surface area contributed by atoms with Crippen LogP contribution in [0.3, 0.4) is 0 Å². The number of hydrogen-bond acceptors (Lipinski definition) is 3. The molecule has 0 saturated carbocycles. The fourth-order valence-electron chi connectivity index (χ4n) is 2.25. The van der Waals surface area contributed by atoms with Gasteiger partial charge in [-0.2, -0.15) is 0 Å². The molecule has 1 atom stereocenters. The lowest BCUT2D eigenvalue weighted by Gasteiger charge is -2.31. The highest BCUT2D eigenvalue weighted by molar-refractivity contribution is 5.96. The van der Waals surface area contributed by atoms with Crippen molar-refractivity contribution in [2.75, 3.05) is 13.1 Å². The van der Waals surface area contributed by atoms with E-state index in [0.717, 1.165) is 25.2 Å². The number of carbonyl (C=O) groups is 2. The highest BCUT2D eigenvalue weighted by Crippen LogP contribution is 2.24. The molecule has 1 aliphatic rings. The van der Waals surface area contributed by atoms with E-state index in [1.807, 2.05) is 0 Å². The van der Waals surface area contributed by atoms with Crippen LogP contribution in [0, 0.1) is 0 Å². The van der Waals surface area contributed by atoms with Gasteiger partial charge in [-0.15, -0.1) is 0 Å². The third-order valence-corrected chi connectivity index (χ3v) is 3.08. The van der Waals surface area contributed by atoms with Crippen molar-refractivity contribution in [3.63, 3.8) is 0 Å². The van der Waals surface area contributed by atoms with Crippen molar-refractivity contribution >= 4 is 11.7 Å². The molecule has 1 aromatic rings. The summed E-state index contributed by atoms with van der Waals surface area (Å²) in [5, 5.41) is 0. The zero-order chi connectivity index (χ0) is 12.3. The van der Waals surface area contributed by atoms with Gasteiger partial charge in [-0.25, -0.2) is 4.98 Å². The van der Waals surface area contributed by atoms with Gasteiger partial charge in [0.1, 0.15) is 11.6 Å². The number of aromatic nitrogens is 2. The number of imidazole rings is 1. The number of rotatable bonds is 3. The maximum Gasteiger partial charge on any atom is 0.230 e. The lowest BCUT2D eigenvalue weighted by atomic mass is 9.97. The minimum absolute atomic E-state index is 0.0187. The van der Waals surface area contributed by atoms with E-state index in [1.54, 1.807) is 17.3 Å². The van der Waals surface area contributed by atoms with E-state index in [-0.39, 0.29) is 24.0 Å². The molecule has 1 amide bonds. The molecule has 1 N–H and O–H groups in total. The van der Waals surface area contributed by atoms with Gasteiger partial charge < -0.3 is 9.88 Å². The molecule has 0 radical (unpaired) electrons. The standard InChI is InChI=1S/C12H17N3O2/c1-9(16)7-11(17)15-6-2-3-10(8-15)12-13-4-5-14-12/h4-5,10H,2-3,6-8H2,1H3,(H,13,14). The Morgan fingerprint density at radius 2 is 2.41 bits per heavy atom. The third-order valence-electron chi connectivity index (χ3n) is 3.08. The highest BCUT2D eigenvalue weighted by atomic mass is 16.2. The van der Waals surface area contributed by atoms with Crippen LogP contribution in [-0.4, -0.2) is 39.6 Å². The number of Topliss-reactive ketones (excluding diaryl/α,β-unsaturated/α-hetero) is 1. The second kappa shape index (κ2) is 5.12. The SMILES string of the molecule is CC(=O)CC(=O)N1CCCC(c2ncc[nH]2)C1. The highest BCUT2D eigenvalue weighted by Gasteiger charge is 2.26. The number of nitrogens with one attached hydrogen (secondary N) is 1. The van der Waals surface area contributed by atoms with Crippen LogP contribution in [0.1, 0.15) is 37.9 Å². The van der Waals surface area contributed by atoms with Crippen molar-refractivity contribution in [3.8, 4) is 0 Å². The van der Waals surface area contributed by atoms with E-state index >= 15 is 0 Å². The molecule has 1 saturated heterocycles. The number of H-pyrrole nitrogens is 1. The molecule has 2 rings (SSSR count). The molecular weight excluding hydrogens is 218 g/mol. The molecule has 1 aromatic heterocycles. The summed E-state index contributed by atoms with van der Waals surface area (Å²) in [6.07, 6.45) is 5.55. The average Bonchev–Trinajstić information content (AvgIpc) is 2.82. The second-order valence-corrected chi connectivity index (χ2v) is 4.53. The van der Waals surface area contributed by atoms with Crippen LogP contribution in [0.2, 0.25) is 0 Å². The van der Waals surface area contributed by atoms with Gasteiger partial charge in [-0.1, -0.05) is 0 Å². The number of likely N-dealkylation sites (tertiary alicyclic amines) is 1. The lowest BCUT2D eigenvalue weighted by Crippen LogP contribution is -2.40. The first-order valence-corrected chi connectivity index (χ1v) is 5.93. The van der Waals surface area contributed by atoms with Gasteiger partial charge in [0, 0.05) is 31.4 Å². The Morgan fingerprint density at radius 3 is 3.06 bits per heavy atom. The summed E-state index contributed by atoms with van der Waals surface area (Å²) in [5.41, 5.74) is 0. The van der Waals surface area contributed by atoms with Gasteiger partial charge in [-0.05, 0) is 19.8 Å². The van der Waals surface area contributed by atoms with E-state index in [9.17, 15) is 9.59 Å². The fourth-order valence-corrected chi connectivity index (χ4v) is 2.25. The van der Waals surface area contributed by atoms with E-state index in [4.69, 9.17) is 0 Å². The van der Waals surface area contributed by atoms with Gasteiger partial charge in [0.15, 0.2) is 0 Å². The fraction of sp³-hybridized carbons (Fsp3) is 0.583. The number of ketones is 1. The number of nitrogens with zero attached hydrogens (tertiary/aromatic N) is 2. The molecule has 1 unspecified atom stereocenters. The summed E-state index contributed by atoms with van der Waals surface area (Å²) in [7, 11) is 0. The minimum atomic E-state index is -0.0740. The molecule has 92 valence electrons.